The Bertz CT molecular complexity index is 1230. The number of hydrogen-bond donors (Lipinski definition) is 1. The molecule has 0 saturated carbocycles. The molecule has 1 aromatic heterocycles. The second-order valence-corrected chi connectivity index (χ2v) is 9.66. The van der Waals surface area contributed by atoms with Gasteiger partial charge in [0.2, 0.25) is 0 Å². The van der Waals surface area contributed by atoms with Gasteiger partial charge in [0.1, 0.15) is 6.61 Å². The Morgan fingerprint density at radius 3 is 2.14 bits per heavy atom. The summed E-state index contributed by atoms with van der Waals surface area (Å²) in [5.74, 6) is 1.46. The summed E-state index contributed by atoms with van der Waals surface area (Å²) in [5.41, 5.74) is 3.37. The maximum atomic E-state index is 11.2. The summed E-state index contributed by atoms with van der Waals surface area (Å²) < 4.78 is 19.1. The van der Waals surface area contributed by atoms with Gasteiger partial charge in [-0.2, -0.15) is 0 Å². The van der Waals surface area contributed by atoms with Gasteiger partial charge in [-0.1, -0.05) is 42.5 Å². The van der Waals surface area contributed by atoms with Crippen LogP contribution >= 0.6 is 0 Å². The molecule has 1 unspecified atom stereocenters. The summed E-state index contributed by atoms with van der Waals surface area (Å²) in [7, 11) is 7.41. The SMILES string of the molecule is COCCN(Cc1ccc(OCCN(C)C)c(OC)c1)CC(O)Cn1c2ccccc2c2ccccc21. The number of rotatable bonds is 14. The van der Waals surface area contributed by atoms with E-state index in [1.807, 2.05) is 26.2 Å². The van der Waals surface area contributed by atoms with Crippen LogP contribution in [0, 0.1) is 0 Å². The van der Waals surface area contributed by atoms with Crippen molar-refractivity contribution in [2.45, 2.75) is 19.2 Å². The Balaban J connectivity index is 1.48. The van der Waals surface area contributed by atoms with E-state index in [0.29, 0.717) is 45.1 Å². The van der Waals surface area contributed by atoms with E-state index in [0.717, 1.165) is 28.9 Å². The quantitative estimate of drug-likeness (QED) is 0.277. The first-order chi connectivity index (χ1) is 18.0. The molecular formula is C30H39N3O4. The Morgan fingerprint density at radius 1 is 0.838 bits per heavy atom. The van der Waals surface area contributed by atoms with E-state index in [-0.39, 0.29) is 0 Å². The maximum Gasteiger partial charge on any atom is 0.161 e. The lowest BCUT2D eigenvalue weighted by molar-refractivity contribution is 0.0767. The number of aliphatic hydroxyl groups excluding tert-OH is 1. The van der Waals surface area contributed by atoms with Crippen molar-refractivity contribution >= 4 is 21.8 Å². The van der Waals surface area contributed by atoms with Crippen molar-refractivity contribution < 1.29 is 19.3 Å². The summed E-state index contributed by atoms with van der Waals surface area (Å²) in [6.07, 6.45) is -0.549. The van der Waals surface area contributed by atoms with Crippen molar-refractivity contribution in [1.82, 2.24) is 14.4 Å². The smallest absolute Gasteiger partial charge is 0.161 e. The molecule has 4 aromatic rings. The van der Waals surface area contributed by atoms with Crippen LogP contribution in [-0.4, -0.2) is 86.7 Å². The zero-order chi connectivity index (χ0) is 26.2. The summed E-state index contributed by atoms with van der Waals surface area (Å²) in [5, 5.41) is 13.6. The summed E-state index contributed by atoms with van der Waals surface area (Å²) in [6.45, 7) is 4.43. The minimum Gasteiger partial charge on any atom is -0.493 e. The molecule has 198 valence electrons. The van der Waals surface area contributed by atoms with Gasteiger partial charge in [0, 0.05) is 55.1 Å². The molecule has 0 saturated heterocycles. The molecule has 0 bridgehead atoms. The standard InChI is InChI=1S/C30H39N3O4/c1-31(2)15-18-37-29-14-13-23(19-30(29)36-4)20-32(16-17-35-3)21-24(34)22-33-27-11-7-5-9-25(27)26-10-6-8-12-28(26)33/h5-14,19,24,34H,15-18,20-22H2,1-4H3. The summed E-state index contributed by atoms with van der Waals surface area (Å²) in [4.78, 5) is 4.31. The molecule has 1 N–H and O–H groups in total. The third kappa shape index (κ3) is 6.81. The summed E-state index contributed by atoms with van der Waals surface area (Å²) >= 11 is 0. The number of fused-ring (bicyclic) bond motifs is 3. The zero-order valence-corrected chi connectivity index (χ0v) is 22.4. The number of likely N-dealkylation sites (N-methyl/N-ethyl adjacent to an activating group) is 1. The van der Waals surface area contributed by atoms with E-state index < -0.39 is 6.10 Å². The molecule has 3 aromatic carbocycles. The van der Waals surface area contributed by atoms with Gasteiger partial charge in [0.25, 0.3) is 0 Å². The second-order valence-electron chi connectivity index (χ2n) is 9.66. The molecule has 0 radical (unpaired) electrons. The Hall–Kier alpha value is -3.10. The average Bonchev–Trinajstić information content (AvgIpc) is 3.21. The number of benzene rings is 3. The van der Waals surface area contributed by atoms with Crippen LogP contribution in [0.5, 0.6) is 11.5 Å². The number of hydrogen-bond acceptors (Lipinski definition) is 6. The minimum absolute atomic E-state index is 0.513. The van der Waals surface area contributed by atoms with Crippen LogP contribution in [0.2, 0.25) is 0 Å². The molecule has 7 heteroatoms. The van der Waals surface area contributed by atoms with Crippen LogP contribution in [-0.2, 0) is 17.8 Å². The van der Waals surface area contributed by atoms with E-state index in [4.69, 9.17) is 14.2 Å². The van der Waals surface area contributed by atoms with Gasteiger partial charge in [0.05, 0.1) is 26.4 Å². The minimum atomic E-state index is -0.549. The van der Waals surface area contributed by atoms with Gasteiger partial charge in [0.15, 0.2) is 11.5 Å². The molecule has 0 aliphatic heterocycles. The first kappa shape index (κ1) is 26.9. The van der Waals surface area contributed by atoms with Gasteiger partial charge in [-0.3, -0.25) is 4.90 Å². The van der Waals surface area contributed by atoms with Crippen LogP contribution in [0.25, 0.3) is 21.8 Å². The normalized spacial score (nSPS) is 12.6. The van der Waals surface area contributed by atoms with Gasteiger partial charge < -0.3 is 28.8 Å². The number of methoxy groups -OCH3 is 2. The lowest BCUT2D eigenvalue weighted by atomic mass is 10.1. The second kappa shape index (κ2) is 12.9. The van der Waals surface area contributed by atoms with E-state index in [9.17, 15) is 5.11 Å². The molecule has 37 heavy (non-hydrogen) atoms. The molecule has 4 rings (SSSR count). The number of para-hydroxylation sites is 2. The molecular weight excluding hydrogens is 466 g/mol. The third-order valence-corrected chi connectivity index (χ3v) is 6.58. The van der Waals surface area contributed by atoms with Crippen molar-refractivity contribution in [1.29, 1.82) is 0 Å². The highest BCUT2D eigenvalue weighted by atomic mass is 16.5. The predicted octanol–water partition coefficient (Wildman–Crippen LogP) is 4.25. The fourth-order valence-electron chi connectivity index (χ4n) is 4.75. The van der Waals surface area contributed by atoms with Crippen molar-refractivity contribution in [3.8, 4) is 11.5 Å². The van der Waals surface area contributed by atoms with E-state index in [2.05, 4.69) is 69.0 Å². The molecule has 1 atom stereocenters. The Morgan fingerprint density at radius 2 is 1.51 bits per heavy atom. The molecule has 7 nitrogen and oxygen atoms in total. The molecule has 1 heterocycles. The van der Waals surface area contributed by atoms with Crippen LogP contribution in [0.1, 0.15) is 5.56 Å². The summed E-state index contributed by atoms with van der Waals surface area (Å²) in [6, 6.07) is 22.8. The van der Waals surface area contributed by atoms with Gasteiger partial charge in [-0.15, -0.1) is 0 Å². The van der Waals surface area contributed by atoms with Gasteiger partial charge >= 0.3 is 0 Å². The molecule has 0 aliphatic rings. The zero-order valence-electron chi connectivity index (χ0n) is 22.4. The monoisotopic (exact) mass is 505 g/mol. The Kier molecular flexibility index (Phi) is 9.41. The number of aromatic nitrogens is 1. The Labute approximate surface area is 219 Å². The molecule has 0 fully saturated rings. The van der Waals surface area contributed by atoms with E-state index >= 15 is 0 Å². The van der Waals surface area contributed by atoms with Crippen LogP contribution in [0.3, 0.4) is 0 Å². The lowest BCUT2D eigenvalue weighted by Crippen LogP contribution is -2.36. The van der Waals surface area contributed by atoms with Crippen molar-refractivity contribution in [3.63, 3.8) is 0 Å². The first-order valence-corrected chi connectivity index (χ1v) is 12.8. The fraction of sp³-hybridized carbons (Fsp3) is 0.400. The average molecular weight is 506 g/mol. The predicted molar refractivity (Wildman–Crippen MR) is 150 cm³/mol. The number of ether oxygens (including phenoxy) is 3. The maximum absolute atomic E-state index is 11.2. The van der Waals surface area contributed by atoms with Gasteiger partial charge in [-0.05, 0) is 43.9 Å². The number of aliphatic hydroxyl groups is 1. The van der Waals surface area contributed by atoms with E-state index in [1.165, 1.54) is 10.8 Å². The highest BCUT2D eigenvalue weighted by molar-refractivity contribution is 6.07. The topological polar surface area (TPSA) is 59.3 Å². The van der Waals surface area contributed by atoms with Crippen LogP contribution in [0.4, 0.5) is 0 Å². The van der Waals surface area contributed by atoms with Crippen LogP contribution < -0.4 is 9.47 Å². The fourth-order valence-corrected chi connectivity index (χ4v) is 4.75. The van der Waals surface area contributed by atoms with Crippen molar-refractivity contribution in [2.24, 2.45) is 0 Å². The first-order valence-electron chi connectivity index (χ1n) is 12.8. The third-order valence-electron chi connectivity index (χ3n) is 6.58. The lowest BCUT2D eigenvalue weighted by Gasteiger charge is -2.26. The van der Waals surface area contributed by atoms with Crippen LogP contribution in [0.15, 0.2) is 66.7 Å². The highest BCUT2D eigenvalue weighted by Gasteiger charge is 2.17. The van der Waals surface area contributed by atoms with Crippen molar-refractivity contribution in [2.75, 3.05) is 61.2 Å². The van der Waals surface area contributed by atoms with E-state index in [1.54, 1.807) is 14.2 Å². The molecule has 0 aliphatic carbocycles. The molecule has 0 spiro atoms. The number of nitrogens with zero attached hydrogens (tertiary/aromatic N) is 3. The van der Waals surface area contributed by atoms with Crippen molar-refractivity contribution in [3.05, 3.63) is 72.3 Å². The largest absolute Gasteiger partial charge is 0.493 e. The molecule has 0 amide bonds. The highest BCUT2D eigenvalue weighted by Crippen LogP contribution is 2.30. The van der Waals surface area contributed by atoms with Gasteiger partial charge in [-0.25, -0.2) is 0 Å².